The highest BCUT2D eigenvalue weighted by Crippen LogP contribution is 2.30. The molecule has 1 aliphatic rings. The van der Waals surface area contributed by atoms with Crippen molar-refractivity contribution in [3.63, 3.8) is 0 Å². The Labute approximate surface area is 184 Å². The smallest absolute Gasteiger partial charge is 0.278 e. The molecule has 0 N–H and O–H groups in total. The molecule has 0 amide bonds. The van der Waals surface area contributed by atoms with Gasteiger partial charge in [0.15, 0.2) is 5.69 Å². The predicted molar refractivity (Wildman–Crippen MR) is 116 cm³/mol. The topological polar surface area (TPSA) is 75.2 Å². The minimum absolute atomic E-state index is 0.0812. The molecule has 0 saturated carbocycles. The third kappa shape index (κ3) is 4.19. The summed E-state index contributed by atoms with van der Waals surface area (Å²) in [5.74, 6) is 1.69. The number of nitrogens with zero attached hydrogens (tertiary/aromatic N) is 4. The van der Waals surface area contributed by atoms with Gasteiger partial charge in [0, 0.05) is 10.6 Å². The summed E-state index contributed by atoms with van der Waals surface area (Å²) in [6.45, 7) is 5.05. The second-order valence-corrected chi connectivity index (χ2v) is 8.10. The minimum atomic E-state index is -0.0812. The highest BCUT2D eigenvalue weighted by Gasteiger charge is 2.24. The molecule has 158 valence electrons. The summed E-state index contributed by atoms with van der Waals surface area (Å²) in [4.78, 5) is 4.52. The first-order valence-corrected chi connectivity index (χ1v) is 10.5. The lowest BCUT2D eigenvalue weighted by atomic mass is 10.1. The van der Waals surface area contributed by atoms with Gasteiger partial charge in [-0.15, -0.1) is 0 Å². The molecule has 0 radical (unpaired) electrons. The first-order valence-electron chi connectivity index (χ1n) is 10.1. The predicted octanol–water partition coefficient (Wildman–Crippen LogP) is 5.31. The number of ether oxygens (including phenoxy) is 2. The maximum atomic E-state index is 6.01. The van der Waals surface area contributed by atoms with E-state index >= 15 is 0 Å². The molecule has 1 atom stereocenters. The Morgan fingerprint density at radius 3 is 2.61 bits per heavy atom. The van der Waals surface area contributed by atoms with E-state index in [2.05, 4.69) is 15.2 Å². The van der Waals surface area contributed by atoms with Crippen LogP contribution in [0.4, 0.5) is 0 Å². The van der Waals surface area contributed by atoms with Crippen LogP contribution in [0.15, 0.2) is 59.1 Å². The maximum absolute atomic E-state index is 6.01. The van der Waals surface area contributed by atoms with Gasteiger partial charge in [-0.3, -0.25) is 4.68 Å². The molecular formula is C23H21ClN4O3. The van der Waals surface area contributed by atoms with Gasteiger partial charge in [0.2, 0.25) is 5.82 Å². The fourth-order valence-electron chi connectivity index (χ4n) is 3.51. The molecule has 0 saturated heterocycles. The Balaban J connectivity index is 1.34. The third-order valence-electron chi connectivity index (χ3n) is 5.01. The number of aromatic nitrogens is 4. The summed E-state index contributed by atoms with van der Waals surface area (Å²) in [6, 6.07) is 17.2. The Morgan fingerprint density at radius 2 is 1.87 bits per heavy atom. The van der Waals surface area contributed by atoms with Gasteiger partial charge in [0.1, 0.15) is 11.9 Å². The van der Waals surface area contributed by atoms with Crippen molar-refractivity contribution >= 4 is 11.6 Å². The number of hydrogen-bond donors (Lipinski definition) is 0. The van der Waals surface area contributed by atoms with Gasteiger partial charge in [-0.05, 0) is 61.9 Å². The van der Waals surface area contributed by atoms with Crippen LogP contribution < -0.4 is 4.74 Å². The van der Waals surface area contributed by atoms with Gasteiger partial charge in [-0.1, -0.05) is 28.9 Å². The van der Waals surface area contributed by atoms with Crippen LogP contribution in [-0.4, -0.2) is 26.0 Å². The first kappa shape index (κ1) is 19.8. The van der Waals surface area contributed by atoms with Crippen LogP contribution in [-0.2, 0) is 17.9 Å². The van der Waals surface area contributed by atoms with Crippen molar-refractivity contribution in [1.82, 2.24) is 19.9 Å². The van der Waals surface area contributed by atoms with E-state index in [0.29, 0.717) is 35.6 Å². The van der Waals surface area contributed by atoms with Gasteiger partial charge in [-0.2, -0.15) is 10.1 Å². The highest BCUT2D eigenvalue weighted by atomic mass is 35.5. The fourth-order valence-corrected chi connectivity index (χ4v) is 3.63. The van der Waals surface area contributed by atoms with E-state index < -0.39 is 0 Å². The largest absolute Gasteiger partial charge is 0.491 e. The van der Waals surface area contributed by atoms with Crippen LogP contribution in [0.3, 0.4) is 0 Å². The van der Waals surface area contributed by atoms with E-state index in [1.165, 1.54) is 0 Å². The van der Waals surface area contributed by atoms with Crippen LogP contribution in [0.5, 0.6) is 5.75 Å². The number of benzene rings is 2. The Hall–Kier alpha value is -3.16. The zero-order valence-electron chi connectivity index (χ0n) is 17.2. The van der Waals surface area contributed by atoms with Crippen molar-refractivity contribution in [2.24, 2.45) is 0 Å². The minimum Gasteiger partial charge on any atom is -0.491 e. The average Bonchev–Trinajstić information content (AvgIpc) is 3.41. The lowest BCUT2D eigenvalue weighted by Gasteiger charge is -2.24. The molecule has 0 aliphatic carbocycles. The van der Waals surface area contributed by atoms with E-state index in [4.69, 9.17) is 25.6 Å². The normalized spacial score (nSPS) is 15.8. The molecule has 2 aromatic heterocycles. The second-order valence-electron chi connectivity index (χ2n) is 7.67. The molecule has 0 unspecified atom stereocenters. The molecule has 0 fully saturated rings. The third-order valence-corrected chi connectivity index (χ3v) is 5.26. The number of rotatable bonds is 5. The van der Waals surface area contributed by atoms with Gasteiger partial charge in [0.05, 0.1) is 24.9 Å². The molecule has 5 rings (SSSR count). The zero-order chi connectivity index (χ0) is 21.4. The summed E-state index contributed by atoms with van der Waals surface area (Å²) < 4.78 is 19.1. The average molecular weight is 437 g/mol. The lowest BCUT2D eigenvalue weighted by molar-refractivity contribution is -0.00112. The van der Waals surface area contributed by atoms with E-state index in [1.54, 1.807) is 0 Å². The second kappa shape index (κ2) is 8.17. The number of hydrogen-bond acceptors (Lipinski definition) is 6. The monoisotopic (exact) mass is 436 g/mol. The van der Waals surface area contributed by atoms with Crippen molar-refractivity contribution in [2.45, 2.75) is 39.2 Å². The highest BCUT2D eigenvalue weighted by molar-refractivity contribution is 6.30. The van der Waals surface area contributed by atoms with Crippen molar-refractivity contribution in [1.29, 1.82) is 0 Å². The van der Waals surface area contributed by atoms with Crippen LogP contribution in [0, 0.1) is 0 Å². The van der Waals surface area contributed by atoms with E-state index in [0.717, 1.165) is 22.6 Å². The maximum Gasteiger partial charge on any atom is 0.278 e. The van der Waals surface area contributed by atoms with Gasteiger partial charge in [-0.25, -0.2) is 0 Å². The lowest BCUT2D eigenvalue weighted by Crippen LogP contribution is -2.21. The van der Waals surface area contributed by atoms with Crippen LogP contribution >= 0.6 is 11.6 Å². The van der Waals surface area contributed by atoms with E-state index in [1.807, 2.05) is 73.1 Å². The summed E-state index contributed by atoms with van der Waals surface area (Å²) in [5, 5.41) is 9.48. The molecule has 1 aliphatic heterocycles. The molecule has 2 aromatic carbocycles. The Kier molecular flexibility index (Phi) is 5.21. The molecule has 4 aromatic rings. The SMILES string of the molecule is CC(C)Oc1ccc(-c2noc(-c3cc4n(n3)C[C@H](c3ccc(Cl)cc3)OC4)n2)cc1. The Morgan fingerprint density at radius 1 is 1.10 bits per heavy atom. The number of fused-ring (bicyclic) bond motifs is 1. The zero-order valence-corrected chi connectivity index (χ0v) is 17.9. The van der Waals surface area contributed by atoms with Crippen molar-refractivity contribution in [3.8, 4) is 28.7 Å². The summed E-state index contributed by atoms with van der Waals surface area (Å²) in [7, 11) is 0. The van der Waals surface area contributed by atoms with Crippen LogP contribution in [0.25, 0.3) is 23.0 Å². The van der Waals surface area contributed by atoms with Crippen molar-refractivity contribution in [2.75, 3.05) is 0 Å². The van der Waals surface area contributed by atoms with Crippen LogP contribution in [0.2, 0.25) is 5.02 Å². The summed E-state index contributed by atoms with van der Waals surface area (Å²) in [5.41, 5.74) is 3.52. The molecule has 0 spiro atoms. The number of halogens is 1. The molecule has 7 nitrogen and oxygen atoms in total. The van der Waals surface area contributed by atoms with Crippen molar-refractivity contribution < 1.29 is 14.0 Å². The van der Waals surface area contributed by atoms with E-state index in [9.17, 15) is 0 Å². The summed E-state index contributed by atoms with van der Waals surface area (Å²) in [6.07, 6.45) is 0.0418. The van der Waals surface area contributed by atoms with Crippen LogP contribution in [0.1, 0.15) is 31.2 Å². The molecule has 0 bridgehead atoms. The Bertz CT molecular complexity index is 1180. The molecular weight excluding hydrogens is 416 g/mol. The molecule has 31 heavy (non-hydrogen) atoms. The first-order chi connectivity index (χ1) is 15.0. The van der Waals surface area contributed by atoms with Gasteiger partial charge < -0.3 is 14.0 Å². The molecule has 3 heterocycles. The van der Waals surface area contributed by atoms with Crippen molar-refractivity contribution in [3.05, 3.63) is 70.9 Å². The quantitative estimate of drug-likeness (QED) is 0.422. The summed E-state index contributed by atoms with van der Waals surface area (Å²) >= 11 is 5.99. The molecule has 8 heteroatoms. The standard InChI is InChI=1S/C23H21ClN4O3/c1-14(2)30-19-9-5-16(6-10-19)22-25-23(31-27-22)20-11-18-13-29-21(12-28(18)26-20)15-3-7-17(24)8-4-15/h3-11,14,21H,12-13H2,1-2H3/t21-/m1/s1. The fraction of sp³-hybridized carbons (Fsp3) is 0.261. The van der Waals surface area contributed by atoms with Gasteiger partial charge in [0.25, 0.3) is 5.89 Å². The van der Waals surface area contributed by atoms with E-state index in [-0.39, 0.29) is 12.2 Å². The van der Waals surface area contributed by atoms with Gasteiger partial charge >= 0.3 is 0 Å².